The Morgan fingerprint density at radius 3 is 2.40 bits per heavy atom. The van der Waals surface area contributed by atoms with E-state index in [1.54, 1.807) is 6.26 Å². The summed E-state index contributed by atoms with van der Waals surface area (Å²) >= 11 is 5.48. The van der Waals surface area contributed by atoms with Gasteiger partial charge < -0.3 is 9.73 Å². The Kier molecular flexibility index (Phi) is 5.26. The fourth-order valence-electron chi connectivity index (χ4n) is 2.38. The number of thiocarbonyl (C=S) groups is 1. The number of furan rings is 1. The molecule has 3 aromatic rings. The van der Waals surface area contributed by atoms with Gasteiger partial charge in [-0.25, -0.2) is 0 Å². The Balaban J connectivity index is 1.85. The maximum Gasteiger partial charge on any atom is 0.264 e. The molecule has 1 amide bonds. The second-order valence-corrected chi connectivity index (χ2v) is 5.97. The molecule has 4 nitrogen and oxygen atoms in total. The van der Waals surface area contributed by atoms with Crippen molar-refractivity contribution in [1.82, 2.24) is 5.32 Å². The van der Waals surface area contributed by atoms with E-state index in [9.17, 15) is 4.79 Å². The van der Waals surface area contributed by atoms with Crippen LogP contribution in [0.4, 0.5) is 5.69 Å². The fraction of sp³-hybridized carbons (Fsp3) is 0.100. The van der Waals surface area contributed by atoms with Crippen LogP contribution in [0.1, 0.15) is 21.7 Å². The highest BCUT2D eigenvalue weighted by Gasteiger charge is 2.22. The van der Waals surface area contributed by atoms with E-state index >= 15 is 0 Å². The zero-order valence-corrected chi connectivity index (χ0v) is 14.6. The lowest BCUT2D eigenvalue weighted by Crippen LogP contribution is -2.43. The first-order chi connectivity index (χ1) is 12.1. The number of nitrogens with one attached hydrogen (secondary N) is 1. The van der Waals surface area contributed by atoms with Crippen molar-refractivity contribution < 1.29 is 9.21 Å². The molecule has 0 bridgehead atoms. The van der Waals surface area contributed by atoms with Gasteiger partial charge in [-0.1, -0.05) is 35.9 Å². The first-order valence-electron chi connectivity index (χ1n) is 7.91. The Bertz CT molecular complexity index is 843. The van der Waals surface area contributed by atoms with Crippen LogP contribution < -0.4 is 10.2 Å². The van der Waals surface area contributed by atoms with Gasteiger partial charge in [-0.3, -0.25) is 9.69 Å². The molecule has 0 fully saturated rings. The minimum absolute atomic E-state index is 0.178. The summed E-state index contributed by atoms with van der Waals surface area (Å²) in [7, 11) is 0. The number of hydrogen-bond donors (Lipinski definition) is 1. The van der Waals surface area contributed by atoms with Crippen molar-refractivity contribution in [3.05, 3.63) is 89.9 Å². The largest absolute Gasteiger partial charge is 0.467 e. The molecule has 25 heavy (non-hydrogen) atoms. The van der Waals surface area contributed by atoms with Gasteiger partial charge in [0.25, 0.3) is 5.91 Å². The SMILES string of the molecule is Cc1ccc(C(=O)N(C(=S)NCc2ccco2)c2ccccc2)cc1. The Morgan fingerprint density at radius 2 is 1.76 bits per heavy atom. The third kappa shape index (κ3) is 4.14. The number of nitrogens with zero attached hydrogens (tertiary/aromatic N) is 1. The highest BCUT2D eigenvalue weighted by Crippen LogP contribution is 2.18. The average Bonchev–Trinajstić information content (AvgIpc) is 3.15. The first-order valence-corrected chi connectivity index (χ1v) is 8.32. The molecule has 0 radical (unpaired) electrons. The van der Waals surface area contributed by atoms with Crippen LogP contribution in [0.25, 0.3) is 0 Å². The lowest BCUT2D eigenvalue weighted by molar-refractivity contribution is 0.100. The van der Waals surface area contributed by atoms with Crippen LogP contribution in [-0.4, -0.2) is 11.0 Å². The molecule has 0 aliphatic heterocycles. The van der Waals surface area contributed by atoms with Crippen LogP contribution >= 0.6 is 12.2 Å². The lowest BCUT2D eigenvalue weighted by atomic mass is 10.1. The van der Waals surface area contributed by atoms with Gasteiger partial charge in [0.1, 0.15) is 5.76 Å². The molecule has 126 valence electrons. The van der Waals surface area contributed by atoms with E-state index in [4.69, 9.17) is 16.6 Å². The lowest BCUT2D eigenvalue weighted by Gasteiger charge is -2.24. The van der Waals surface area contributed by atoms with E-state index in [1.807, 2.05) is 73.7 Å². The van der Waals surface area contributed by atoms with Gasteiger partial charge in [-0.15, -0.1) is 0 Å². The van der Waals surface area contributed by atoms with E-state index in [1.165, 1.54) is 4.90 Å². The van der Waals surface area contributed by atoms with Crippen LogP contribution in [0.15, 0.2) is 77.4 Å². The molecule has 0 unspecified atom stereocenters. The molecule has 0 aliphatic rings. The maximum atomic E-state index is 13.0. The highest BCUT2D eigenvalue weighted by molar-refractivity contribution is 7.80. The van der Waals surface area contributed by atoms with Crippen LogP contribution in [-0.2, 0) is 6.54 Å². The molecule has 1 N–H and O–H groups in total. The Morgan fingerprint density at radius 1 is 1.04 bits per heavy atom. The van der Waals surface area contributed by atoms with Crippen LogP contribution in [0.5, 0.6) is 0 Å². The average molecular weight is 350 g/mol. The summed E-state index contributed by atoms with van der Waals surface area (Å²) in [6.07, 6.45) is 1.60. The molecule has 0 aliphatic carbocycles. The number of anilines is 1. The second kappa shape index (κ2) is 7.77. The van der Waals surface area contributed by atoms with E-state index in [2.05, 4.69) is 5.32 Å². The molecular formula is C20H18N2O2S. The molecule has 5 heteroatoms. The topological polar surface area (TPSA) is 45.5 Å². The van der Waals surface area contributed by atoms with E-state index < -0.39 is 0 Å². The third-order valence-electron chi connectivity index (χ3n) is 3.71. The molecule has 0 atom stereocenters. The van der Waals surface area contributed by atoms with Crippen molar-refractivity contribution in [2.24, 2.45) is 0 Å². The predicted octanol–water partition coefficient (Wildman–Crippen LogP) is 4.31. The molecule has 2 aromatic carbocycles. The second-order valence-electron chi connectivity index (χ2n) is 5.58. The third-order valence-corrected chi connectivity index (χ3v) is 4.04. The number of aryl methyl sites for hydroxylation is 1. The standard InChI is InChI=1S/C20H18N2O2S/c1-15-9-11-16(12-10-15)19(23)22(17-6-3-2-4-7-17)20(25)21-14-18-8-5-13-24-18/h2-13H,14H2,1H3,(H,21,25). The number of carbonyl (C=O) groups excluding carboxylic acids is 1. The number of benzene rings is 2. The predicted molar refractivity (Wildman–Crippen MR) is 103 cm³/mol. The summed E-state index contributed by atoms with van der Waals surface area (Å²) in [6, 6.07) is 20.5. The molecule has 1 aromatic heterocycles. The van der Waals surface area contributed by atoms with Crippen molar-refractivity contribution in [1.29, 1.82) is 0 Å². The fourth-order valence-corrected chi connectivity index (χ4v) is 2.64. The summed E-state index contributed by atoms with van der Waals surface area (Å²) < 4.78 is 5.30. The van der Waals surface area contributed by atoms with Gasteiger partial charge in [0.15, 0.2) is 5.11 Å². The van der Waals surface area contributed by atoms with Gasteiger partial charge in [-0.05, 0) is 55.5 Å². The summed E-state index contributed by atoms with van der Waals surface area (Å²) in [5.41, 5.74) is 2.39. The number of para-hydroxylation sites is 1. The summed E-state index contributed by atoms with van der Waals surface area (Å²) in [6.45, 7) is 2.40. The molecule has 1 heterocycles. The van der Waals surface area contributed by atoms with Gasteiger partial charge in [0.05, 0.1) is 18.5 Å². The smallest absolute Gasteiger partial charge is 0.264 e. The van der Waals surface area contributed by atoms with Gasteiger partial charge >= 0.3 is 0 Å². The summed E-state index contributed by atoms with van der Waals surface area (Å²) in [4.78, 5) is 14.5. The summed E-state index contributed by atoms with van der Waals surface area (Å²) in [5.74, 6) is 0.571. The minimum Gasteiger partial charge on any atom is -0.467 e. The van der Waals surface area contributed by atoms with E-state index in [0.29, 0.717) is 22.9 Å². The minimum atomic E-state index is -0.178. The highest BCUT2D eigenvalue weighted by atomic mass is 32.1. The zero-order valence-electron chi connectivity index (χ0n) is 13.8. The molecule has 0 saturated carbocycles. The number of carbonyl (C=O) groups is 1. The number of hydrogen-bond acceptors (Lipinski definition) is 3. The van der Waals surface area contributed by atoms with Gasteiger partial charge in [0.2, 0.25) is 0 Å². The molecule has 0 spiro atoms. The quantitative estimate of drug-likeness (QED) is 0.712. The Labute approximate surface area is 152 Å². The van der Waals surface area contributed by atoms with E-state index in [-0.39, 0.29) is 5.91 Å². The van der Waals surface area contributed by atoms with Crippen molar-refractivity contribution in [2.45, 2.75) is 13.5 Å². The molecule has 0 saturated heterocycles. The molecule has 3 rings (SSSR count). The van der Waals surface area contributed by atoms with Crippen molar-refractivity contribution in [3.8, 4) is 0 Å². The zero-order chi connectivity index (χ0) is 17.6. The van der Waals surface area contributed by atoms with E-state index in [0.717, 1.165) is 11.3 Å². The summed E-state index contributed by atoms with van der Waals surface area (Å²) in [5, 5.41) is 3.42. The van der Waals surface area contributed by atoms with Crippen molar-refractivity contribution in [3.63, 3.8) is 0 Å². The monoisotopic (exact) mass is 350 g/mol. The first kappa shape index (κ1) is 16.9. The van der Waals surface area contributed by atoms with Crippen LogP contribution in [0, 0.1) is 6.92 Å². The Hall–Kier alpha value is -2.92. The van der Waals surface area contributed by atoms with Crippen LogP contribution in [0.2, 0.25) is 0 Å². The normalized spacial score (nSPS) is 10.3. The van der Waals surface area contributed by atoms with Crippen LogP contribution in [0.3, 0.4) is 0 Å². The maximum absolute atomic E-state index is 13.0. The number of rotatable bonds is 4. The van der Waals surface area contributed by atoms with Gasteiger partial charge in [0, 0.05) is 5.56 Å². The van der Waals surface area contributed by atoms with Gasteiger partial charge in [-0.2, -0.15) is 0 Å². The van der Waals surface area contributed by atoms with Crippen molar-refractivity contribution >= 4 is 28.9 Å². The van der Waals surface area contributed by atoms with Crippen molar-refractivity contribution in [2.75, 3.05) is 4.90 Å². The number of amides is 1. The molecular weight excluding hydrogens is 332 g/mol.